The number of benzene rings is 1. The van der Waals surface area contributed by atoms with Crippen molar-refractivity contribution in [3.05, 3.63) is 29.3 Å². The van der Waals surface area contributed by atoms with Crippen LogP contribution in [0.3, 0.4) is 0 Å². The molecule has 1 aliphatic rings. The Bertz CT molecular complexity index is 506. The van der Waals surface area contributed by atoms with Gasteiger partial charge in [0.25, 0.3) is 0 Å². The molecular weight excluding hydrogens is 296 g/mol. The summed E-state index contributed by atoms with van der Waals surface area (Å²) in [7, 11) is 0. The molecule has 0 spiro atoms. The van der Waals surface area contributed by atoms with Crippen LogP contribution in [-0.4, -0.2) is 35.9 Å². The van der Waals surface area contributed by atoms with Crippen LogP contribution in [0.5, 0.6) is 0 Å². The van der Waals surface area contributed by atoms with Crippen LogP contribution in [0.4, 0.5) is 5.69 Å². The summed E-state index contributed by atoms with van der Waals surface area (Å²) in [5.74, 6) is -0.150. The first-order valence-electron chi connectivity index (χ1n) is 6.43. The average Bonchev–Trinajstić information content (AvgIpc) is 2.80. The fourth-order valence-corrected chi connectivity index (χ4v) is 2.50. The molecule has 1 aromatic rings. The molecule has 0 unspecified atom stereocenters. The van der Waals surface area contributed by atoms with Crippen molar-refractivity contribution in [3.8, 4) is 0 Å². The molecule has 108 valence electrons. The monoisotopic (exact) mass is 312 g/mol. The molecule has 4 nitrogen and oxygen atoms in total. The molecule has 20 heavy (non-hydrogen) atoms. The van der Waals surface area contributed by atoms with Gasteiger partial charge in [-0.25, -0.2) is 0 Å². The Labute approximate surface area is 127 Å². The van der Waals surface area contributed by atoms with Crippen LogP contribution in [0.2, 0.25) is 5.02 Å². The second-order valence-electron chi connectivity index (χ2n) is 4.69. The van der Waals surface area contributed by atoms with Crippen molar-refractivity contribution in [3.63, 3.8) is 0 Å². The van der Waals surface area contributed by atoms with E-state index in [4.69, 9.17) is 11.6 Å². The van der Waals surface area contributed by atoms with Crippen LogP contribution in [0.1, 0.15) is 13.3 Å². The van der Waals surface area contributed by atoms with Gasteiger partial charge in [-0.1, -0.05) is 11.6 Å². The minimum Gasteiger partial charge on any atom is -0.343 e. The van der Waals surface area contributed by atoms with Gasteiger partial charge in [0.2, 0.25) is 11.8 Å². The van der Waals surface area contributed by atoms with E-state index in [1.54, 1.807) is 17.0 Å². The molecule has 1 fully saturated rings. The predicted molar refractivity (Wildman–Crippen MR) is 83.3 cm³/mol. The van der Waals surface area contributed by atoms with Gasteiger partial charge in [0.15, 0.2) is 0 Å². The number of nitrogens with zero attached hydrogens (tertiary/aromatic N) is 1. The van der Waals surface area contributed by atoms with Crippen LogP contribution in [-0.2, 0) is 9.59 Å². The van der Waals surface area contributed by atoms with Crippen molar-refractivity contribution in [2.45, 2.75) is 24.6 Å². The fourth-order valence-electron chi connectivity index (χ4n) is 2.09. The third-order valence-electron chi connectivity index (χ3n) is 3.38. The summed E-state index contributed by atoms with van der Waals surface area (Å²) in [6.07, 6.45) is 2.51. The normalized spacial score (nSPS) is 20.1. The summed E-state index contributed by atoms with van der Waals surface area (Å²) in [4.78, 5) is 25.8. The molecule has 0 bridgehead atoms. The van der Waals surface area contributed by atoms with Crippen molar-refractivity contribution >= 4 is 40.9 Å². The highest BCUT2D eigenvalue weighted by Gasteiger charge is 2.34. The first kappa shape index (κ1) is 15.2. The Morgan fingerprint density at radius 2 is 2.10 bits per heavy atom. The number of carbonyl (C=O) groups excluding carboxylic acids is 2. The van der Waals surface area contributed by atoms with Crippen molar-refractivity contribution < 1.29 is 9.59 Å². The maximum absolute atomic E-state index is 12.3. The lowest BCUT2D eigenvalue weighted by molar-refractivity contribution is -0.125. The van der Waals surface area contributed by atoms with E-state index in [1.807, 2.05) is 25.3 Å². The van der Waals surface area contributed by atoms with Gasteiger partial charge >= 0.3 is 0 Å². The number of nitrogens with one attached hydrogen (secondary N) is 1. The minimum atomic E-state index is -0.423. The van der Waals surface area contributed by atoms with Gasteiger partial charge in [-0.3, -0.25) is 9.59 Å². The second-order valence-corrected chi connectivity index (χ2v) is 6.31. The molecule has 0 saturated carbocycles. The Kier molecular flexibility index (Phi) is 4.94. The topological polar surface area (TPSA) is 49.4 Å². The molecule has 0 aliphatic carbocycles. The quantitative estimate of drug-likeness (QED) is 0.928. The third-order valence-corrected chi connectivity index (χ3v) is 4.56. The van der Waals surface area contributed by atoms with Crippen molar-refractivity contribution in [2.24, 2.45) is 0 Å². The molecule has 1 aromatic carbocycles. The molecule has 0 aromatic heterocycles. The molecule has 0 radical (unpaired) electrons. The van der Waals surface area contributed by atoms with E-state index in [1.165, 1.54) is 11.8 Å². The summed E-state index contributed by atoms with van der Waals surface area (Å²) in [5.41, 5.74) is 0.814. The summed E-state index contributed by atoms with van der Waals surface area (Å²) >= 11 is 7.30. The van der Waals surface area contributed by atoms with Gasteiger partial charge in [-0.2, -0.15) is 11.8 Å². The summed E-state index contributed by atoms with van der Waals surface area (Å²) in [6, 6.07) is 6.72. The standard InChI is InChI=1S/C14H17ClN2O2S/c1-9(20-2)13(18)16-12-7-8-17(14(12)19)11-5-3-10(15)4-6-11/h3-6,9,12H,7-8H2,1-2H3,(H,16,18)/t9-,12-/m1/s1. The largest absolute Gasteiger partial charge is 0.343 e. The van der Waals surface area contributed by atoms with Gasteiger partial charge in [0, 0.05) is 17.3 Å². The molecule has 2 rings (SSSR count). The van der Waals surface area contributed by atoms with Gasteiger partial charge in [0.05, 0.1) is 5.25 Å². The molecule has 1 heterocycles. The predicted octanol–water partition coefficient (Wildman–Crippen LogP) is 2.31. The first-order chi connectivity index (χ1) is 9.52. The lowest BCUT2D eigenvalue weighted by Gasteiger charge is -2.18. The van der Waals surface area contributed by atoms with Crippen LogP contribution < -0.4 is 10.2 Å². The van der Waals surface area contributed by atoms with Gasteiger partial charge < -0.3 is 10.2 Å². The zero-order chi connectivity index (χ0) is 14.7. The minimum absolute atomic E-state index is 0.0611. The van der Waals surface area contributed by atoms with Crippen molar-refractivity contribution in [2.75, 3.05) is 17.7 Å². The average molecular weight is 313 g/mol. The SMILES string of the molecule is CS[C@H](C)C(=O)N[C@@H]1CCN(c2ccc(Cl)cc2)C1=O. The van der Waals surface area contributed by atoms with Crippen molar-refractivity contribution in [1.29, 1.82) is 0 Å². The maximum Gasteiger partial charge on any atom is 0.249 e. The number of carbonyl (C=O) groups is 2. The summed E-state index contributed by atoms with van der Waals surface area (Å²) < 4.78 is 0. The second kappa shape index (κ2) is 6.50. The number of thioether (sulfide) groups is 1. The molecular formula is C14H17ClN2O2S. The van der Waals surface area contributed by atoms with Gasteiger partial charge in [-0.15, -0.1) is 0 Å². The van der Waals surface area contributed by atoms with Crippen LogP contribution in [0, 0.1) is 0 Å². The fraction of sp³-hybridized carbons (Fsp3) is 0.429. The Balaban J connectivity index is 2.02. The molecule has 2 atom stereocenters. The Hall–Kier alpha value is -1.20. The van der Waals surface area contributed by atoms with E-state index in [2.05, 4.69) is 5.32 Å². The van der Waals surface area contributed by atoms with Crippen LogP contribution >= 0.6 is 23.4 Å². The zero-order valence-corrected chi connectivity index (χ0v) is 13.0. The van der Waals surface area contributed by atoms with E-state index in [0.29, 0.717) is 18.0 Å². The maximum atomic E-state index is 12.3. The molecule has 1 aliphatic heterocycles. The zero-order valence-electron chi connectivity index (χ0n) is 11.4. The molecule has 2 amide bonds. The Morgan fingerprint density at radius 3 is 2.70 bits per heavy atom. The van der Waals surface area contributed by atoms with Crippen LogP contribution in [0.15, 0.2) is 24.3 Å². The number of rotatable bonds is 4. The van der Waals surface area contributed by atoms with Crippen molar-refractivity contribution in [1.82, 2.24) is 5.32 Å². The highest BCUT2D eigenvalue weighted by molar-refractivity contribution is 7.99. The van der Waals surface area contributed by atoms with E-state index in [0.717, 1.165) is 5.69 Å². The molecule has 1 N–H and O–H groups in total. The first-order valence-corrected chi connectivity index (χ1v) is 8.09. The molecule has 6 heteroatoms. The van der Waals surface area contributed by atoms with Gasteiger partial charge in [-0.05, 0) is 43.9 Å². The van der Waals surface area contributed by atoms with E-state index >= 15 is 0 Å². The van der Waals surface area contributed by atoms with E-state index in [-0.39, 0.29) is 17.1 Å². The summed E-state index contributed by atoms with van der Waals surface area (Å²) in [6.45, 7) is 2.44. The summed E-state index contributed by atoms with van der Waals surface area (Å²) in [5, 5.41) is 3.31. The Morgan fingerprint density at radius 1 is 1.45 bits per heavy atom. The number of halogens is 1. The number of anilines is 1. The van der Waals surface area contributed by atoms with Crippen LogP contribution in [0.25, 0.3) is 0 Å². The highest BCUT2D eigenvalue weighted by atomic mass is 35.5. The number of hydrogen-bond acceptors (Lipinski definition) is 3. The smallest absolute Gasteiger partial charge is 0.249 e. The lowest BCUT2D eigenvalue weighted by Crippen LogP contribution is -2.44. The molecule has 1 saturated heterocycles. The van der Waals surface area contributed by atoms with E-state index in [9.17, 15) is 9.59 Å². The third kappa shape index (κ3) is 3.27. The number of amides is 2. The highest BCUT2D eigenvalue weighted by Crippen LogP contribution is 2.23. The van der Waals surface area contributed by atoms with Gasteiger partial charge in [0.1, 0.15) is 6.04 Å². The van der Waals surface area contributed by atoms with E-state index < -0.39 is 6.04 Å². The number of hydrogen-bond donors (Lipinski definition) is 1. The lowest BCUT2D eigenvalue weighted by atomic mass is 10.2.